The summed E-state index contributed by atoms with van der Waals surface area (Å²) < 4.78 is 38.6. The number of Topliss-reactive ketones (excluding diaryl/α,β-unsaturated/α-hetero) is 1. The molecular weight excluding hydrogens is 625 g/mol. The number of ether oxygens (including phenoxy) is 4. The molecule has 2 saturated carbocycles. The van der Waals surface area contributed by atoms with Crippen molar-refractivity contribution in [2.24, 2.45) is 17.8 Å². The summed E-state index contributed by atoms with van der Waals surface area (Å²) in [7, 11) is -1.84. The summed E-state index contributed by atoms with van der Waals surface area (Å²) in [4.78, 5) is 14.7. The molecule has 7 atom stereocenters. The van der Waals surface area contributed by atoms with Crippen LogP contribution < -0.4 is 10.4 Å². The molecule has 0 spiro atoms. The molecule has 2 aromatic carbocycles. The molecule has 4 rings (SSSR count). The molecule has 262 valence electrons. The average molecular weight is 685 g/mol. The Hall–Kier alpha value is -1.70. The van der Waals surface area contributed by atoms with Crippen LogP contribution in [0.1, 0.15) is 68.2 Å². The fourth-order valence-corrected chi connectivity index (χ4v) is 16.1. The van der Waals surface area contributed by atoms with Gasteiger partial charge in [-0.2, -0.15) is 0 Å². The molecule has 2 aromatic rings. The van der Waals surface area contributed by atoms with E-state index in [2.05, 4.69) is 116 Å². The third kappa shape index (κ3) is 7.58. The molecule has 0 heterocycles. The summed E-state index contributed by atoms with van der Waals surface area (Å²) in [6.07, 6.45) is -0.272. The van der Waals surface area contributed by atoms with Gasteiger partial charge in [0.1, 0.15) is 25.8 Å². The number of benzene rings is 2. The van der Waals surface area contributed by atoms with Gasteiger partial charge in [0.05, 0.1) is 5.60 Å². The molecule has 0 bridgehead atoms. The number of rotatable bonds is 15. The van der Waals surface area contributed by atoms with Crippen molar-refractivity contribution in [2.75, 3.05) is 27.8 Å². The zero-order valence-electron chi connectivity index (χ0n) is 30.5. The maximum Gasteiger partial charge on any atom is 0.261 e. The molecule has 2 fully saturated rings. The van der Waals surface area contributed by atoms with E-state index >= 15 is 0 Å². The second-order valence-electron chi connectivity index (χ2n) is 14.9. The Labute approximate surface area is 286 Å². The monoisotopic (exact) mass is 684 g/mol. The lowest BCUT2D eigenvalue weighted by molar-refractivity contribution is -0.175. The summed E-state index contributed by atoms with van der Waals surface area (Å²) in [6, 6.07) is 24.5. The Morgan fingerprint density at radius 2 is 1.36 bits per heavy atom. The highest BCUT2D eigenvalue weighted by atomic mass is 28.4. The molecule has 0 unspecified atom stereocenters. The van der Waals surface area contributed by atoms with Gasteiger partial charge >= 0.3 is 0 Å². The van der Waals surface area contributed by atoms with Crippen LogP contribution in [0.15, 0.2) is 60.7 Å². The minimum absolute atomic E-state index is 0.00645. The van der Waals surface area contributed by atoms with E-state index in [-0.39, 0.29) is 48.3 Å². The minimum atomic E-state index is -2.87. The third-order valence-electron chi connectivity index (χ3n) is 11.4. The number of hydrogen-bond acceptors (Lipinski definition) is 7. The molecule has 2 aliphatic carbocycles. The Morgan fingerprint density at radius 3 is 1.83 bits per heavy atom. The predicted molar refractivity (Wildman–Crippen MR) is 193 cm³/mol. The van der Waals surface area contributed by atoms with Crippen molar-refractivity contribution in [3.05, 3.63) is 60.7 Å². The molecule has 0 aliphatic heterocycles. The molecule has 0 N–H and O–H groups in total. The van der Waals surface area contributed by atoms with Gasteiger partial charge in [-0.05, 0) is 58.7 Å². The first kappa shape index (κ1) is 38.1. The molecule has 0 amide bonds. The molecular formula is C38H60O7Si2. The fourth-order valence-electron chi connectivity index (χ4n) is 8.50. The molecule has 2 aliphatic rings. The molecule has 7 nitrogen and oxygen atoms in total. The van der Waals surface area contributed by atoms with Gasteiger partial charge in [0.15, 0.2) is 14.1 Å². The van der Waals surface area contributed by atoms with Gasteiger partial charge in [0.2, 0.25) is 0 Å². The van der Waals surface area contributed by atoms with Gasteiger partial charge < -0.3 is 27.8 Å². The first-order valence-corrected chi connectivity index (χ1v) is 22.0. The second-order valence-corrected chi connectivity index (χ2v) is 23.9. The van der Waals surface area contributed by atoms with Gasteiger partial charge in [-0.1, -0.05) is 109 Å². The van der Waals surface area contributed by atoms with Crippen molar-refractivity contribution in [3.63, 3.8) is 0 Å². The predicted octanol–water partition coefficient (Wildman–Crippen LogP) is 6.94. The van der Waals surface area contributed by atoms with Crippen LogP contribution in [-0.4, -0.2) is 74.1 Å². The third-order valence-corrected chi connectivity index (χ3v) is 21.1. The van der Waals surface area contributed by atoms with E-state index < -0.39 is 34.4 Å². The lowest BCUT2D eigenvalue weighted by Gasteiger charge is -2.46. The second kappa shape index (κ2) is 15.9. The smallest absolute Gasteiger partial charge is 0.261 e. The van der Waals surface area contributed by atoms with Gasteiger partial charge in [-0.25, -0.2) is 0 Å². The van der Waals surface area contributed by atoms with Gasteiger partial charge in [0, 0.05) is 32.7 Å². The highest BCUT2D eigenvalue weighted by Gasteiger charge is 2.62. The van der Waals surface area contributed by atoms with Crippen LogP contribution in [0.3, 0.4) is 0 Å². The topological polar surface area (TPSA) is 72.5 Å². The quantitative estimate of drug-likeness (QED) is 0.149. The van der Waals surface area contributed by atoms with E-state index in [1.807, 2.05) is 0 Å². The van der Waals surface area contributed by atoms with E-state index in [1.54, 1.807) is 14.2 Å². The van der Waals surface area contributed by atoms with Crippen molar-refractivity contribution in [1.82, 2.24) is 0 Å². The summed E-state index contributed by atoms with van der Waals surface area (Å²) in [5.74, 6) is -0.0926. The normalized spacial score (nSPS) is 28.7. The first-order chi connectivity index (χ1) is 22.4. The Kier molecular flexibility index (Phi) is 12.9. The summed E-state index contributed by atoms with van der Waals surface area (Å²) >= 11 is 0. The van der Waals surface area contributed by atoms with E-state index in [4.69, 9.17) is 27.8 Å². The van der Waals surface area contributed by atoms with Crippen molar-refractivity contribution in [2.45, 2.75) is 115 Å². The Morgan fingerprint density at radius 1 is 0.830 bits per heavy atom. The number of carbonyl (C=O) groups is 1. The zero-order valence-corrected chi connectivity index (χ0v) is 32.5. The Bertz CT molecular complexity index is 1220. The van der Waals surface area contributed by atoms with Crippen molar-refractivity contribution >= 4 is 32.8 Å². The van der Waals surface area contributed by atoms with Gasteiger partial charge in [0.25, 0.3) is 8.32 Å². The van der Waals surface area contributed by atoms with Crippen LogP contribution in [0.25, 0.3) is 0 Å². The first-order valence-electron chi connectivity index (χ1n) is 17.6. The molecule has 0 radical (unpaired) electrons. The summed E-state index contributed by atoms with van der Waals surface area (Å²) in [6.45, 7) is 18.2. The van der Waals surface area contributed by atoms with Gasteiger partial charge in [-0.3, -0.25) is 4.79 Å². The summed E-state index contributed by atoms with van der Waals surface area (Å²) in [5.41, 5.74) is -0.709. The number of hydrogen-bond donors (Lipinski definition) is 0. The molecule has 47 heavy (non-hydrogen) atoms. The average Bonchev–Trinajstić information content (AvgIpc) is 3.37. The van der Waals surface area contributed by atoms with Crippen molar-refractivity contribution in [3.8, 4) is 0 Å². The van der Waals surface area contributed by atoms with Crippen LogP contribution in [-0.2, 0) is 32.6 Å². The van der Waals surface area contributed by atoms with Crippen LogP contribution in [0.4, 0.5) is 0 Å². The molecule has 0 saturated heterocycles. The lowest BCUT2D eigenvalue weighted by Crippen LogP contribution is -2.68. The van der Waals surface area contributed by atoms with Gasteiger partial charge in [-0.15, -0.1) is 0 Å². The number of ketones is 1. The minimum Gasteiger partial charge on any atom is -0.406 e. The maximum atomic E-state index is 14.7. The van der Waals surface area contributed by atoms with E-state index in [0.717, 1.165) is 24.6 Å². The SMILES string of the molecule is CC[Si](CC)(CC)O[C@@H]1C(=O)[C@@H](OCOC)C[C@](C)(OCOC)[C@H]2C[C@H](O[Si](c3ccccc3)(c3ccccc3)C(C)(C)C)[C@H](C)[C@@H]12. The fraction of sp³-hybridized carbons (Fsp3) is 0.658. The number of methoxy groups -OCH3 is 2. The lowest BCUT2D eigenvalue weighted by atomic mass is 9.77. The van der Waals surface area contributed by atoms with Crippen molar-refractivity contribution < 1.29 is 32.6 Å². The van der Waals surface area contributed by atoms with E-state index in [9.17, 15) is 4.79 Å². The number of carbonyl (C=O) groups excluding carboxylic acids is 1. The van der Waals surface area contributed by atoms with Crippen molar-refractivity contribution in [1.29, 1.82) is 0 Å². The van der Waals surface area contributed by atoms with E-state index in [1.165, 1.54) is 10.4 Å². The largest absolute Gasteiger partial charge is 0.406 e. The highest BCUT2D eigenvalue weighted by Crippen LogP contribution is 2.54. The molecule has 9 heteroatoms. The summed E-state index contributed by atoms with van der Waals surface area (Å²) in [5, 5.41) is 2.33. The zero-order chi connectivity index (χ0) is 34.5. The van der Waals surface area contributed by atoms with Crippen LogP contribution in [0.5, 0.6) is 0 Å². The standard InChI is InChI=1S/C38H60O7Si2/c1-11-46(12-2,13-3)45-36-34-28(4)32(24-31(34)38(8,43-27-41-10)25-33(35(36)39)42-26-40-9)44-47(37(5,6)7,29-20-16-14-17-21-29)30-22-18-15-19-23-30/h14-23,28,31-34,36H,11-13,24-27H2,1-10H3/t28-,31-,32-,33-,34+,36-,38-/m0/s1. The number of fused-ring (bicyclic) bond motifs is 1. The van der Waals surface area contributed by atoms with Crippen LogP contribution in [0, 0.1) is 17.8 Å². The molecule has 0 aromatic heterocycles. The van der Waals surface area contributed by atoms with Crippen LogP contribution in [0.2, 0.25) is 23.2 Å². The van der Waals surface area contributed by atoms with E-state index in [0.29, 0.717) is 6.42 Å². The van der Waals surface area contributed by atoms with Crippen LogP contribution >= 0.6 is 0 Å². The Balaban J connectivity index is 1.88. The maximum absolute atomic E-state index is 14.7. The highest BCUT2D eigenvalue weighted by molar-refractivity contribution is 6.99.